The zero-order chi connectivity index (χ0) is 42.1. The second-order valence-electron chi connectivity index (χ2n) is 16.3. The van der Waals surface area contributed by atoms with Crippen molar-refractivity contribution in [1.82, 2.24) is 29.1 Å². The Labute approximate surface area is 368 Å². The number of para-hydroxylation sites is 4. The third kappa shape index (κ3) is 5.81. The SMILES string of the molecule is c1cc(-c2ccc(-n3c4ccccc4c4c5c6ccccc6n(-c6ccc(-c7cccc(-c8ncc9ccccc9n8)c7)cc6)c5ccc43)cc2)cc(-c2ncc3ccccc3n2)c1. The highest BCUT2D eigenvalue weighted by atomic mass is 15.0. The topological polar surface area (TPSA) is 61.4 Å². The second kappa shape index (κ2) is 14.4. The molecule has 0 aliphatic carbocycles. The molecule has 4 heterocycles. The van der Waals surface area contributed by atoms with Crippen molar-refractivity contribution >= 4 is 65.4 Å². The predicted molar refractivity (Wildman–Crippen MR) is 263 cm³/mol. The summed E-state index contributed by atoms with van der Waals surface area (Å²) in [6.07, 6.45) is 3.80. The van der Waals surface area contributed by atoms with Crippen LogP contribution in [-0.4, -0.2) is 29.1 Å². The number of hydrogen-bond donors (Lipinski definition) is 0. The fourth-order valence-electron chi connectivity index (χ4n) is 9.58. The maximum atomic E-state index is 4.86. The quantitative estimate of drug-likeness (QED) is 0.168. The number of nitrogens with zero attached hydrogens (tertiary/aromatic N) is 6. The third-order valence-corrected chi connectivity index (χ3v) is 12.6. The average Bonchev–Trinajstić information content (AvgIpc) is 3.89. The van der Waals surface area contributed by atoms with E-state index in [0.717, 1.165) is 78.2 Å². The van der Waals surface area contributed by atoms with Crippen LogP contribution in [-0.2, 0) is 0 Å². The minimum atomic E-state index is 0.724. The lowest BCUT2D eigenvalue weighted by molar-refractivity contribution is 1.17. The molecule has 0 fully saturated rings. The van der Waals surface area contributed by atoms with Crippen LogP contribution in [0.2, 0.25) is 0 Å². The third-order valence-electron chi connectivity index (χ3n) is 12.6. The first-order valence-electron chi connectivity index (χ1n) is 21.5. The van der Waals surface area contributed by atoms with Gasteiger partial charge in [0.25, 0.3) is 0 Å². The molecule has 298 valence electrons. The molecule has 0 saturated heterocycles. The first-order valence-corrected chi connectivity index (χ1v) is 21.5. The van der Waals surface area contributed by atoms with Gasteiger partial charge in [0.1, 0.15) is 0 Å². The molecule has 13 aromatic rings. The van der Waals surface area contributed by atoms with E-state index in [1.165, 1.54) is 43.6 Å². The molecule has 0 atom stereocenters. The van der Waals surface area contributed by atoms with E-state index in [0.29, 0.717) is 0 Å². The lowest BCUT2D eigenvalue weighted by Crippen LogP contribution is -1.95. The van der Waals surface area contributed by atoms with E-state index in [1.54, 1.807) is 0 Å². The van der Waals surface area contributed by atoms with Crippen LogP contribution in [0.15, 0.2) is 219 Å². The zero-order valence-corrected chi connectivity index (χ0v) is 34.5. The summed E-state index contributed by atoms with van der Waals surface area (Å²) in [6.45, 7) is 0. The molecule has 4 aromatic heterocycles. The van der Waals surface area contributed by atoms with Gasteiger partial charge in [-0.2, -0.15) is 0 Å². The van der Waals surface area contributed by atoms with E-state index in [2.05, 4.69) is 167 Å². The first-order chi connectivity index (χ1) is 31.7. The molecule has 9 aromatic carbocycles. The molecule has 13 rings (SSSR count). The molecule has 6 nitrogen and oxygen atoms in total. The lowest BCUT2D eigenvalue weighted by atomic mass is 10.0. The van der Waals surface area contributed by atoms with Crippen molar-refractivity contribution in [3.8, 4) is 56.4 Å². The van der Waals surface area contributed by atoms with Crippen LogP contribution in [0.4, 0.5) is 0 Å². The molecule has 0 aliphatic heterocycles. The molecule has 0 N–H and O–H groups in total. The van der Waals surface area contributed by atoms with Gasteiger partial charge in [0.15, 0.2) is 11.6 Å². The molecule has 6 heteroatoms. The van der Waals surface area contributed by atoms with E-state index in [9.17, 15) is 0 Å². The Morgan fingerprint density at radius 2 is 0.703 bits per heavy atom. The highest BCUT2D eigenvalue weighted by Gasteiger charge is 2.21. The van der Waals surface area contributed by atoms with Gasteiger partial charge in [-0.25, -0.2) is 19.9 Å². The summed E-state index contributed by atoms with van der Waals surface area (Å²) in [7, 11) is 0. The Balaban J connectivity index is 0.886. The Morgan fingerprint density at radius 1 is 0.297 bits per heavy atom. The number of aromatic nitrogens is 6. The predicted octanol–water partition coefficient (Wildman–Crippen LogP) is 14.4. The second-order valence-corrected chi connectivity index (χ2v) is 16.3. The van der Waals surface area contributed by atoms with E-state index < -0.39 is 0 Å². The van der Waals surface area contributed by atoms with Gasteiger partial charge in [0.05, 0.1) is 33.1 Å². The summed E-state index contributed by atoms with van der Waals surface area (Å²) in [5, 5.41) is 7.02. The van der Waals surface area contributed by atoms with E-state index in [1.807, 2.05) is 60.9 Å². The van der Waals surface area contributed by atoms with Crippen molar-refractivity contribution in [2.24, 2.45) is 0 Å². The minimum absolute atomic E-state index is 0.724. The van der Waals surface area contributed by atoms with Gasteiger partial charge in [-0.05, 0) is 95.1 Å². The van der Waals surface area contributed by atoms with Gasteiger partial charge < -0.3 is 9.13 Å². The lowest BCUT2D eigenvalue weighted by Gasteiger charge is -2.11. The van der Waals surface area contributed by atoms with Crippen LogP contribution in [0, 0.1) is 0 Å². The van der Waals surface area contributed by atoms with E-state index in [-0.39, 0.29) is 0 Å². The van der Waals surface area contributed by atoms with E-state index in [4.69, 9.17) is 19.9 Å². The maximum absolute atomic E-state index is 4.86. The Morgan fingerprint density at radius 3 is 1.17 bits per heavy atom. The van der Waals surface area contributed by atoms with Crippen LogP contribution in [0.25, 0.3) is 122 Å². The first kappa shape index (κ1) is 36.0. The van der Waals surface area contributed by atoms with Crippen LogP contribution in [0.5, 0.6) is 0 Å². The summed E-state index contributed by atoms with van der Waals surface area (Å²) in [4.78, 5) is 19.1. The molecule has 0 amide bonds. The summed E-state index contributed by atoms with van der Waals surface area (Å²) in [5.74, 6) is 1.45. The molecule has 64 heavy (non-hydrogen) atoms. The van der Waals surface area contributed by atoms with E-state index >= 15 is 0 Å². The normalized spacial score (nSPS) is 11.8. The molecular weight excluding hydrogens is 781 g/mol. The van der Waals surface area contributed by atoms with Crippen LogP contribution < -0.4 is 0 Å². The zero-order valence-electron chi connectivity index (χ0n) is 34.5. The average molecular weight is 817 g/mol. The Hall–Kier alpha value is -8.74. The van der Waals surface area contributed by atoms with Crippen molar-refractivity contribution in [2.45, 2.75) is 0 Å². The van der Waals surface area contributed by atoms with Crippen molar-refractivity contribution in [3.63, 3.8) is 0 Å². The van der Waals surface area contributed by atoms with Crippen molar-refractivity contribution in [2.75, 3.05) is 0 Å². The van der Waals surface area contributed by atoms with Gasteiger partial charge in [0, 0.05) is 67.2 Å². The highest BCUT2D eigenvalue weighted by molar-refractivity contribution is 6.29. The maximum Gasteiger partial charge on any atom is 0.159 e. The standard InChI is InChI=1S/C58H36N6/c1-5-19-49-43(11-1)35-59-57(61-49)41-15-9-13-39(33-41)37-23-27-45(28-24-37)63-51-21-7-3-17-47(51)55-53(63)31-32-54-56(55)48-18-4-8-22-52(48)64(54)46-29-25-38(26-30-46)40-14-10-16-42(34-40)58-60-36-44-12-2-6-20-50(44)62-58/h1-36H. The fraction of sp³-hybridized carbons (Fsp3) is 0. The molecule has 0 radical (unpaired) electrons. The monoisotopic (exact) mass is 816 g/mol. The number of fused-ring (bicyclic) bond motifs is 9. The number of rotatable bonds is 6. The smallest absolute Gasteiger partial charge is 0.159 e. The van der Waals surface area contributed by atoms with Gasteiger partial charge in [-0.1, -0.05) is 133 Å². The number of benzene rings is 9. The fourth-order valence-corrected chi connectivity index (χ4v) is 9.58. The van der Waals surface area contributed by atoms with Crippen LogP contribution in [0.3, 0.4) is 0 Å². The minimum Gasteiger partial charge on any atom is -0.309 e. The van der Waals surface area contributed by atoms with Crippen LogP contribution >= 0.6 is 0 Å². The van der Waals surface area contributed by atoms with Crippen LogP contribution in [0.1, 0.15) is 0 Å². The Kier molecular flexibility index (Phi) is 8.11. The largest absolute Gasteiger partial charge is 0.309 e. The molecule has 0 saturated carbocycles. The molecule has 0 aliphatic rings. The Bertz CT molecular complexity index is 3700. The number of hydrogen-bond acceptors (Lipinski definition) is 4. The molecule has 0 unspecified atom stereocenters. The summed E-state index contributed by atoms with van der Waals surface area (Å²) in [6, 6.07) is 73.2. The van der Waals surface area contributed by atoms with Gasteiger partial charge >= 0.3 is 0 Å². The van der Waals surface area contributed by atoms with Gasteiger partial charge in [-0.3, -0.25) is 0 Å². The summed E-state index contributed by atoms with van der Waals surface area (Å²) < 4.78 is 4.82. The molecule has 0 spiro atoms. The van der Waals surface area contributed by atoms with Gasteiger partial charge in [-0.15, -0.1) is 0 Å². The van der Waals surface area contributed by atoms with Crippen molar-refractivity contribution < 1.29 is 0 Å². The van der Waals surface area contributed by atoms with Gasteiger partial charge in [0.2, 0.25) is 0 Å². The molecular formula is C58H36N6. The van der Waals surface area contributed by atoms with Crippen molar-refractivity contribution in [1.29, 1.82) is 0 Å². The summed E-state index contributed by atoms with van der Waals surface area (Å²) in [5.41, 5.74) is 15.3. The highest BCUT2D eigenvalue weighted by Crippen LogP contribution is 2.43. The molecule has 0 bridgehead atoms. The van der Waals surface area contributed by atoms with Crippen molar-refractivity contribution in [3.05, 3.63) is 219 Å². The summed E-state index contributed by atoms with van der Waals surface area (Å²) >= 11 is 0.